The second-order valence-corrected chi connectivity index (χ2v) is 6.36. The maximum Gasteiger partial charge on any atom is 0.243 e. The summed E-state index contributed by atoms with van der Waals surface area (Å²) >= 11 is 1.66. The van der Waals surface area contributed by atoms with Gasteiger partial charge in [0.2, 0.25) is 5.91 Å². The minimum Gasteiger partial charge on any atom is -0.273 e. The van der Waals surface area contributed by atoms with Gasteiger partial charge >= 0.3 is 0 Å². The lowest BCUT2D eigenvalue weighted by Gasteiger charge is -1.99. The molecule has 4 heteroatoms. The molecule has 0 aliphatic heterocycles. The van der Waals surface area contributed by atoms with E-state index in [-0.39, 0.29) is 11.8 Å². The molecule has 2 atom stereocenters. The van der Waals surface area contributed by atoms with E-state index in [1.807, 2.05) is 30.3 Å². The van der Waals surface area contributed by atoms with Crippen molar-refractivity contribution in [3.8, 4) is 0 Å². The summed E-state index contributed by atoms with van der Waals surface area (Å²) < 4.78 is 0. The molecule has 0 radical (unpaired) electrons. The number of nitrogens with one attached hydrogen (secondary N) is 1. The fourth-order valence-corrected chi connectivity index (χ4v) is 3.07. The van der Waals surface area contributed by atoms with E-state index in [4.69, 9.17) is 0 Å². The minimum atomic E-state index is 0.0170. The Balaban J connectivity index is 1.53. The Bertz CT molecular complexity index is 633. The lowest BCUT2D eigenvalue weighted by Crippen LogP contribution is -2.19. The maximum atomic E-state index is 12.0. The van der Waals surface area contributed by atoms with Crippen molar-refractivity contribution < 1.29 is 4.79 Å². The SMILES string of the molecule is Cc1ccc(/C=N\NC(=O)[C@H]2C[C@@H]2c2ccccc2)s1. The summed E-state index contributed by atoms with van der Waals surface area (Å²) in [6.45, 7) is 2.05. The van der Waals surface area contributed by atoms with Crippen molar-refractivity contribution in [2.75, 3.05) is 0 Å². The van der Waals surface area contributed by atoms with Crippen molar-refractivity contribution in [3.63, 3.8) is 0 Å². The van der Waals surface area contributed by atoms with Crippen molar-refractivity contribution >= 4 is 23.5 Å². The number of hydrogen-bond acceptors (Lipinski definition) is 3. The first-order valence-corrected chi connectivity index (χ1v) is 7.50. The Morgan fingerprint density at radius 3 is 2.80 bits per heavy atom. The zero-order valence-corrected chi connectivity index (χ0v) is 12.1. The first-order valence-electron chi connectivity index (χ1n) is 6.68. The van der Waals surface area contributed by atoms with Crippen molar-refractivity contribution in [2.24, 2.45) is 11.0 Å². The average molecular weight is 284 g/mol. The smallest absolute Gasteiger partial charge is 0.243 e. The fraction of sp³-hybridized carbons (Fsp3) is 0.250. The summed E-state index contributed by atoms with van der Waals surface area (Å²) in [5.74, 6) is 0.443. The second kappa shape index (κ2) is 5.59. The van der Waals surface area contributed by atoms with Gasteiger partial charge in [0.05, 0.1) is 6.21 Å². The average Bonchev–Trinajstić information content (AvgIpc) is 3.17. The number of aryl methyl sites for hydroxylation is 1. The standard InChI is InChI=1S/C16H16N2OS/c1-11-7-8-13(20-11)10-17-18-16(19)15-9-14(15)12-5-3-2-4-6-12/h2-8,10,14-15H,9H2,1H3,(H,18,19)/b17-10-/t14-,15+/m1/s1. The van der Waals surface area contributed by atoms with Gasteiger partial charge in [-0.05, 0) is 37.0 Å². The number of carbonyl (C=O) groups is 1. The number of nitrogens with zero attached hydrogens (tertiary/aromatic N) is 1. The molecule has 1 amide bonds. The van der Waals surface area contributed by atoms with Crippen molar-refractivity contribution in [1.29, 1.82) is 0 Å². The summed E-state index contributed by atoms with van der Waals surface area (Å²) in [4.78, 5) is 14.3. The predicted molar refractivity (Wildman–Crippen MR) is 82.1 cm³/mol. The number of thiophene rings is 1. The van der Waals surface area contributed by atoms with Crippen LogP contribution in [0.5, 0.6) is 0 Å². The molecule has 1 heterocycles. The third-order valence-electron chi connectivity index (χ3n) is 3.48. The molecule has 1 N–H and O–H groups in total. The van der Waals surface area contributed by atoms with Gasteiger partial charge < -0.3 is 0 Å². The molecule has 1 aromatic carbocycles. The van der Waals surface area contributed by atoms with Crippen LogP contribution in [-0.2, 0) is 4.79 Å². The van der Waals surface area contributed by atoms with E-state index in [0.29, 0.717) is 5.92 Å². The molecule has 0 spiro atoms. The summed E-state index contributed by atoms with van der Waals surface area (Å²) in [6, 6.07) is 14.2. The van der Waals surface area contributed by atoms with Gasteiger partial charge in [-0.25, -0.2) is 5.43 Å². The molecule has 0 unspecified atom stereocenters. The number of hydrazone groups is 1. The molecule has 102 valence electrons. The van der Waals surface area contributed by atoms with Gasteiger partial charge in [-0.1, -0.05) is 30.3 Å². The lowest BCUT2D eigenvalue weighted by molar-refractivity contribution is -0.122. The van der Waals surface area contributed by atoms with Crippen LogP contribution in [0.15, 0.2) is 47.6 Å². The van der Waals surface area contributed by atoms with Crippen molar-refractivity contribution in [3.05, 3.63) is 57.8 Å². The van der Waals surface area contributed by atoms with E-state index >= 15 is 0 Å². The number of hydrogen-bond donors (Lipinski definition) is 1. The van der Waals surface area contributed by atoms with Crippen LogP contribution in [0.2, 0.25) is 0 Å². The van der Waals surface area contributed by atoms with Gasteiger partial charge in [-0.2, -0.15) is 5.10 Å². The molecule has 1 saturated carbocycles. The molecular weight excluding hydrogens is 268 g/mol. The Morgan fingerprint density at radius 1 is 1.30 bits per heavy atom. The summed E-state index contributed by atoms with van der Waals surface area (Å²) in [7, 11) is 0. The highest BCUT2D eigenvalue weighted by Gasteiger charge is 2.43. The normalized spacial score (nSPS) is 21.1. The minimum absolute atomic E-state index is 0.0170. The van der Waals surface area contributed by atoms with Crippen molar-refractivity contribution in [2.45, 2.75) is 19.3 Å². The van der Waals surface area contributed by atoms with E-state index in [1.165, 1.54) is 10.4 Å². The molecule has 1 aliphatic carbocycles. The summed E-state index contributed by atoms with van der Waals surface area (Å²) in [5.41, 5.74) is 3.88. The highest BCUT2D eigenvalue weighted by atomic mass is 32.1. The van der Waals surface area contributed by atoms with Gasteiger partial charge in [-0.15, -0.1) is 11.3 Å². The van der Waals surface area contributed by atoms with Gasteiger partial charge in [0.25, 0.3) is 0 Å². The highest BCUT2D eigenvalue weighted by molar-refractivity contribution is 7.13. The third-order valence-corrected chi connectivity index (χ3v) is 4.42. The van der Waals surface area contributed by atoms with Crippen LogP contribution < -0.4 is 5.43 Å². The topological polar surface area (TPSA) is 41.5 Å². The molecule has 20 heavy (non-hydrogen) atoms. The van der Waals surface area contributed by atoms with Crippen LogP contribution in [0, 0.1) is 12.8 Å². The number of rotatable bonds is 4. The largest absolute Gasteiger partial charge is 0.273 e. The molecular formula is C16H16N2OS. The quantitative estimate of drug-likeness (QED) is 0.679. The Labute approximate surface area is 122 Å². The summed E-state index contributed by atoms with van der Waals surface area (Å²) in [5, 5.41) is 4.03. The molecule has 3 nitrogen and oxygen atoms in total. The van der Waals surface area contributed by atoms with E-state index in [0.717, 1.165) is 11.3 Å². The maximum absolute atomic E-state index is 12.0. The van der Waals surface area contributed by atoms with Crippen LogP contribution >= 0.6 is 11.3 Å². The number of carbonyl (C=O) groups excluding carboxylic acids is 1. The van der Waals surface area contributed by atoms with Gasteiger partial charge in [-0.3, -0.25) is 4.79 Å². The third kappa shape index (κ3) is 2.96. The second-order valence-electron chi connectivity index (χ2n) is 5.04. The van der Waals surface area contributed by atoms with E-state index in [9.17, 15) is 4.79 Å². The molecule has 1 fully saturated rings. The van der Waals surface area contributed by atoms with Crippen LogP contribution in [-0.4, -0.2) is 12.1 Å². The van der Waals surface area contributed by atoms with Crippen LogP contribution in [0.1, 0.15) is 27.7 Å². The monoisotopic (exact) mass is 284 g/mol. The van der Waals surface area contributed by atoms with Gasteiger partial charge in [0.15, 0.2) is 0 Å². The van der Waals surface area contributed by atoms with Crippen LogP contribution in [0.3, 0.4) is 0 Å². The molecule has 1 aromatic heterocycles. The zero-order chi connectivity index (χ0) is 13.9. The summed E-state index contributed by atoms with van der Waals surface area (Å²) in [6.07, 6.45) is 2.62. The van der Waals surface area contributed by atoms with E-state index in [2.05, 4.69) is 29.6 Å². The molecule has 2 aromatic rings. The number of benzene rings is 1. The fourth-order valence-electron chi connectivity index (χ4n) is 2.32. The Hall–Kier alpha value is -1.94. The first-order chi connectivity index (χ1) is 9.74. The van der Waals surface area contributed by atoms with Crippen molar-refractivity contribution in [1.82, 2.24) is 5.43 Å². The van der Waals surface area contributed by atoms with Gasteiger partial charge in [0.1, 0.15) is 0 Å². The predicted octanol–water partition coefficient (Wildman–Crippen LogP) is 3.31. The van der Waals surface area contributed by atoms with Crippen LogP contribution in [0.4, 0.5) is 0 Å². The Kier molecular flexibility index (Phi) is 3.65. The van der Waals surface area contributed by atoms with Crippen LogP contribution in [0.25, 0.3) is 0 Å². The number of amides is 1. The first kappa shape index (κ1) is 13.1. The lowest BCUT2D eigenvalue weighted by atomic mass is 10.1. The van der Waals surface area contributed by atoms with E-state index < -0.39 is 0 Å². The zero-order valence-electron chi connectivity index (χ0n) is 11.2. The molecule has 3 rings (SSSR count). The molecule has 0 saturated heterocycles. The Morgan fingerprint density at radius 2 is 2.10 bits per heavy atom. The molecule has 1 aliphatic rings. The highest BCUT2D eigenvalue weighted by Crippen LogP contribution is 2.47. The van der Waals surface area contributed by atoms with E-state index in [1.54, 1.807) is 17.6 Å². The van der Waals surface area contributed by atoms with Gasteiger partial charge in [0, 0.05) is 15.7 Å². The molecule has 0 bridgehead atoms.